The molecule has 3 nitrogen and oxygen atoms in total. The van der Waals surface area contributed by atoms with Crippen LogP contribution in [0.25, 0.3) is 16.7 Å². The summed E-state index contributed by atoms with van der Waals surface area (Å²) in [5.41, 5.74) is 6.79. The van der Waals surface area contributed by atoms with Crippen LogP contribution in [0.2, 0.25) is 0 Å². The number of hydrogen-bond donors (Lipinski definition) is 1. The lowest BCUT2D eigenvalue weighted by molar-refractivity contribution is 0.514. The fourth-order valence-corrected chi connectivity index (χ4v) is 2.23. The van der Waals surface area contributed by atoms with E-state index in [0.717, 1.165) is 6.07 Å². The number of aromatic nitrogens is 2. The largest absolute Gasteiger partial charge is 0.369 e. The molecule has 20 heavy (non-hydrogen) atoms. The third-order valence-electron chi connectivity index (χ3n) is 3.02. The molecule has 1 aromatic heterocycles. The number of nitrogens with two attached hydrogens (primary N) is 1. The van der Waals surface area contributed by atoms with E-state index < -0.39 is 17.5 Å². The summed E-state index contributed by atoms with van der Waals surface area (Å²) in [6, 6.07) is 6.44. The van der Waals surface area contributed by atoms with Crippen molar-refractivity contribution in [3.8, 4) is 5.69 Å². The summed E-state index contributed by atoms with van der Waals surface area (Å²) in [6.07, 6.45) is 0. The molecule has 1 heterocycles. The highest BCUT2D eigenvalue weighted by molar-refractivity contribution is 5.81. The Balaban J connectivity index is 2.41. The van der Waals surface area contributed by atoms with Crippen LogP contribution < -0.4 is 5.73 Å². The van der Waals surface area contributed by atoms with E-state index in [0.29, 0.717) is 11.3 Å². The number of fused-ring (bicyclic) bond motifs is 1. The van der Waals surface area contributed by atoms with Gasteiger partial charge in [0.2, 0.25) is 5.95 Å². The Morgan fingerprint density at radius 2 is 1.85 bits per heavy atom. The summed E-state index contributed by atoms with van der Waals surface area (Å²) in [6.45, 7) is 1.69. The van der Waals surface area contributed by atoms with Gasteiger partial charge in [0.05, 0.1) is 11.2 Å². The van der Waals surface area contributed by atoms with Crippen LogP contribution >= 0.6 is 0 Å². The van der Waals surface area contributed by atoms with Gasteiger partial charge in [0.25, 0.3) is 0 Å². The van der Waals surface area contributed by atoms with Crippen LogP contribution in [0.5, 0.6) is 0 Å². The van der Waals surface area contributed by atoms with Crippen molar-refractivity contribution in [2.45, 2.75) is 6.92 Å². The smallest absolute Gasteiger partial charge is 0.206 e. The molecule has 6 heteroatoms. The molecule has 3 rings (SSSR count). The molecule has 0 saturated heterocycles. The summed E-state index contributed by atoms with van der Waals surface area (Å²) >= 11 is 0. The van der Waals surface area contributed by atoms with E-state index in [9.17, 15) is 13.2 Å². The molecule has 0 radical (unpaired) electrons. The van der Waals surface area contributed by atoms with E-state index in [1.165, 1.54) is 22.8 Å². The van der Waals surface area contributed by atoms with E-state index in [1.807, 2.05) is 0 Å². The SMILES string of the molecule is Cc1cc(F)cc(-n2c(N)nc3ccc(F)c(F)c32)c1. The Hall–Kier alpha value is -2.50. The van der Waals surface area contributed by atoms with Crippen LogP contribution in [-0.2, 0) is 0 Å². The third-order valence-corrected chi connectivity index (χ3v) is 3.02. The number of hydrogen-bond acceptors (Lipinski definition) is 2. The summed E-state index contributed by atoms with van der Waals surface area (Å²) in [4.78, 5) is 3.96. The van der Waals surface area contributed by atoms with Gasteiger partial charge in [-0.3, -0.25) is 4.57 Å². The monoisotopic (exact) mass is 277 g/mol. The molecule has 2 N–H and O–H groups in total. The van der Waals surface area contributed by atoms with Crippen molar-refractivity contribution >= 4 is 17.0 Å². The van der Waals surface area contributed by atoms with Gasteiger partial charge in [0.1, 0.15) is 11.3 Å². The molecular weight excluding hydrogens is 267 g/mol. The molecule has 3 aromatic rings. The summed E-state index contributed by atoms with van der Waals surface area (Å²) in [5, 5.41) is 0. The van der Waals surface area contributed by atoms with Gasteiger partial charge >= 0.3 is 0 Å². The first kappa shape index (κ1) is 12.5. The van der Waals surface area contributed by atoms with Crippen molar-refractivity contribution in [2.24, 2.45) is 0 Å². The molecule has 0 amide bonds. The lowest BCUT2D eigenvalue weighted by Crippen LogP contribution is -2.03. The van der Waals surface area contributed by atoms with Crippen molar-refractivity contribution in [3.63, 3.8) is 0 Å². The first-order valence-electron chi connectivity index (χ1n) is 5.87. The highest BCUT2D eigenvalue weighted by Gasteiger charge is 2.17. The van der Waals surface area contributed by atoms with Gasteiger partial charge in [-0.2, -0.15) is 0 Å². The van der Waals surface area contributed by atoms with Gasteiger partial charge in [0, 0.05) is 0 Å². The lowest BCUT2D eigenvalue weighted by atomic mass is 10.2. The molecule has 0 aliphatic heterocycles. The zero-order valence-corrected chi connectivity index (χ0v) is 10.5. The Morgan fingerprint density at radius 3 is 2.55 bits per heavy atom. The number of halogens is 3. The molecule has 0 fully saturated rings. The van der Waals surface area contributed by atoms with Crippen molar-refractivity contribution in [2.75, 3.05) is 5.73 Å². The molecule has 2 aromatic carbocycles. The summed E-state index contributed by atoms with van der Waals surface area (Å²) in [7, 11) is 0. The van der Waals surface area contributed by atoms with Gasteiger partial charge in [-0.25, -0.2) is 18.2 Å². The van der Waals surface area contributed by atoms with Crippen molar-refractivity contribution in [1.29, 1.82) is 0 Å². The van der Waals surface area contributed by atoms with Gasteiger partial charge in [-0.15, -0.1) is 0 Å². The minimum atomic E-state index is -1.06. The van der Waals surface area contributed by atoms with Crippen LogP contribution in [0.4, 0.5) is 19.1 Å². The van der Waals surface area contributed by atoms with Gasteiger partial charge in [-0.1, -0.05) is 0 Å². The van der Waals surface area contributed by atoms with E-state index in [4.69, 9.17) is 5.73 Å². The Labute approximate surface area is 112 Å². The highest BCUT2D eigenvalue weighted by Crippen LogP contribution is 2.27. The van der Waals surface area contributed by atoms with Crippen LogP contribution in [0.15, 0.2) is 30.3 Å². The number of nitrogens with zero attached hydrogens (tertiary/aromatic N) is 2. The van der Waals surface area contributed by atoms with E-state index in [1.54, 1.807) is 13.0 Å². The molecular formula is C14H10F3N3. The minimum absolute atomic E-state index is 0.0329. The third kappa shape index (κ3) is 1.80. The molecule has 0 spiro atoms. The minimum Gasteiger partial charge on any atom is -0.369 e. The molecule has 0 aliphatic carbocycles. The zero-order chi connectivity index (χ0) is 14.4. The zero-order valence-electron chi connectivity index (χ0n) is 10.5. The molecule has 0 unspecified atom stereocenters. The average molecular weight is 277 g/mol. The average Bonchev–Trinajstić information content (AvgIpc) is 2.70. The van der Waals surface area contributed by atoms with Gasteiger partial charge < -0.3 is 5.73 Å². The molecule has 0 saturated carbocycles. The van der Waals surface area contributed by atoms with Crippen molar-refractivity contribution < 1.29 is 13.2 Å². The second-order valence-corrected chi connectivity index (χ2v) is 4.52. The second kappa shape index (κ2) is 4.26. The normalized spacial score (nSPS) is 11.2. The maximum absolute atomic E-state index is 14.0. The summed E-state index contributed by atoms with van der Waals surface area (Å²) in [5.74, 6) is -2.59. The Morgan fingerprint density at radius 1 is 1.10 bits per heavy atom. The number of nitrogen functional groups attached to an aromatic ring is 1. The predicted molar refractivity (Wildman–Crippen MR) is 70.1 cm³/mol. The fourth-order valence-electron chi connectivity index (χ4n) is 2.23. The van der Waals surface area contributed by atoms with Crippen LogP contribution in [-0.4, -0.2) is 9.55 Å². The standard InChI is InChI=1S/C14H10F3N3/c1-7-4-8(15)6-9(5-7)20-13-11(19-14(20)18)3-2-10(16)12(13)17/h2-6H,1H3,(H2,18,19). The van der Waals surface area contributed by atoms with Crippen LogP contribution in [0.3, 0.4) is 0 Å². The molecule has 0 atom stereocenters. The predicted octanol–water partition coefficient (Wildman–Crippen LogP) is 3.33. The Bertz CT molecular complexity index is 804. The number of aryl methyl sites for hydroxylation is 1. The maximum atomic E-state index is 14.0. The highest BCUT2D eigenvalue weighted by atomic mass is 19.2. The lowest BCUT2D eigenvalue weighted by Gasteiger charge is -2.08. The van der Waals surface area contributed by atoms with E-state index in [2.05, 4.69) is 4.98 Å². The molecule has 0 bridgehead atoms. The van der Waals surface area contributed by atoms with E-state index in [-0.39, 0.29) is 17.0 Å². The second-order valence-electron chi connectivity index (χ2n) is 4.52. The molecule has 102 valence electrons. The number of anilines is 1. The first-order chi connectivity index (χ1) is 9.47. The van der Waals surface area contributed by atoms with Crippen LogP contribution in [0, 0.1) is 24.4 Å². The van der Waals surface area contributed by atoms with E-state index >= 15 is 0 Å². The van der Waals surface area contributed by atoms with Crippen molar-refractivity contribution in [3.05, 3.63) is 53.3 Å². The quantitative estimate of drug-likeness (QED) is 0.741. The first-order valence-corrected chi connectivity index (χ1v) is 5.87. The fraction of sp³-hybridized carbons (Fsp3) is 0.0714. The Kier molecular flexibility index (Phi) is 2.67. The topological polar surface area (TPSA) is 43.8 Å². The molecule has 0 aliphatic rings. The number of rotatable bonds is 1. The number of benzene rings is 2. The van der Waals surface area contributed by atoms with Gasteiger partial charge in [0.15, 0.2) is 11.6 Å². The van der Waals surface area contributed by atoms with Crippen molar-refractivity contribution in [1.82, 2.24) is 9.55 Å². The number of imidazole rings is 1. The van der Waals surface area contributed by atoms with Crippen LogP contribution in [0.1, 0.15) is 5.56 Å². The summed E-state index contributed by atoms with van der Waals surface area (Å²) < 4.78 is 42.0. The maximum Gasteiger partial charge on any atom is 0.206 e. The van der Waals surface area contributed by atoms with Gasteiger partial charge in [-0.05, 0) is 42.8 Å².